The summed E-state index contributed by atoms with van der Waals surface area (Å²) in [4.78, 5) is 117. The van der Waals surface area contributed by atoms with Crippen molar-refractivity contribution in [1.29, 1.82) is 0 Å². The van der Waals surface area contributed by atoms with Crippen molar-refractivity contribution in [3.8, 4) is 0 Å². The van der Waals surface area contributed by atoms with Gasteiger partial charge in [-0.1, -0.05) is 183 Å². The average Bonchev–Trinajstić information content (AvgIpc) is 1.16. The van der Waals surface area contributed by atoms with Gasteiger partial charge >= 0.3 is 0 Å². The van der Waals surface area contributed by atoms with Crippen LogP contribution in [0.5, 0.6) is 0 Å². The Morgan fingerprint density at radius 1 is 0.343 bits per heavy atom. The largest absolute Gasteiger partial charge is 0.511 e. The second-order valence-electron chi connectivity index (χ2n) is 36.6. The number of aliphatic hydroxyl groups is 7. The maximum absolute atomic E-state index is 13.6. The number of hydrogen-bond acceptors (Lipinski definition) is 16. The Morgan fingerprint density at radius 3 is 0.769 bits per heavy atom. The Labute approximate surface area is 645 Å². The molecule has 12 rings (SSSR count). The third-order valence-electron chi connectivity index (χ3n) is 30.2. The molecule has 33 atom stereocenters. The zero-order chi connectivity index (χ0) is 80.2. The third-order valence-corrected chi connectivity index (χ3v) is 30.2. The molecule has 600 valence electrons. The lowest BCUT2D eigenvalue weighted by Crippen LogP contribution is -2.52. The monoisotopic (exact) mass is 1500 g/mol. The molecular formula is C92H136O16. The predicted octanol–water partition coefficient (Wildman–Crippen LogP) is 16.3. The van der Waals surface area contributed by atoms with Crippen molar-refractivity contribution in [1.82, 2.24) is 0 Å². The molecule has 5 fully saturated rings. The van der Waals surface area contributed by atoms with Gasteiger partial charge in [-0.3, -0.25) is 43.2 Å². The molecule has 7 N–H and O–H groups in total. The van der Waals surface area contributed by atoms with Gasteiger partial charge in [0.2, 0.25) is 0 Å². The standard InChI is InChI=1S/4C23H34O4/c4*1-6-15-11(3)8-14-9-12(4)21(25)16(7-2)18(14)19(15)23(27)20-17(24)10-13(5)22(20)26/h3*8,12-16,18-19,21,25-26H,6-7,9-10H2,1-5H3;8,12-16,18-21,25H,6-7,9-10H2,1-5H3. The second kappa shape index (κ2) is 35.2. The summed E-state index contributed by atoms with van der Waals surface area (Å²) in [5.74, 6) is -3.04. The number of allylic oxidation sites excluding steroid dienone is 14. The number of carbonyl (C=O) groups is 9. The average molecular weight is 1500 g/mol. The van der Waals surface area contributed by atoms with Crippen LogP contribution in [0.4, 0.5) is 0 Å². The molecule has 0 aromatic rings. The lowest BCUT2D eigenvalue weighted by molar-refractivity contribution is -0.145. The minimum absolute atomic E-state index is 0.0265. The van der Waals surface area contributed by atoms with Crippen LogP contribution < -0.4 is 0 Å². The van der Waals surface area contributed by atoms with Crippen molar-refractivity contribution < 1.29 is 78.9 Å². The van der Waals surface area contributed by atoms with E-state index in [4.69, 9.17) is 0 Å². The fourth-order valence-electron chi connectivity index (χ4n) is 24.8. The number of carbonyl (C=O) groups excluding carboxylic acids is 9. The quantitative estimate of drug-likeness (QED) is 0.0429. The third kappa shape index (κ3) is 15.8. The van der Waals surface area contributed by atoms with Gasteiger partial charge in [0.25, 0.3) is 0 Å². The van der Waals surface area contributed by atoms with E-state index in [1.807, 2.05) is 0 Å². The molecule has 0 radical (unpaired) electrons. The van der Waals surface area contributed by atoms with Gasteiger partial charge in [0.1, 0.15) is 23.2 Å². The van der Waals surface area contributed by atoms with Crippen LogP contribution in [0.15, 0.2) is 80.6 Å². The van der Waals surface area contributed by atoms with Crippen LogP contribution in [0.2, 0.25) is 0 Å². The molecule has 0 saturated heterocycles. The van der Waals surface area contributed by atoms with Crippen LogP contribution in [-0.4, -0.2) is 112 Å². The number of aliphatic hydroxyl groups excluding tert-OH is 7. The van der Waals surface area contributed by atoms with Crippen molar-refractivity contribution in [2.24, 2.45) is 172 Å². The van der Waals surface area contributed by atoms with Gasteiger partial charge in [-0.15, -0.1) is 0 Å². The van der Waals surface area contributed by atoms with Gasteiger partial charge in [-0.05, 0) is 197 Å². The van der Waals surface area contributed by atoms with Gasteiger partial charge in [-0.2, -0.15) is 0 Å². The molecule has 12 aliphatic rings. The molecule has 0 bridgehead atoms. The Balaban J connectivity index is 0.000000166. The molecule has 0 aromatic heterocycles. The Hall–Kier alpha value is -5.55. The van der Waals surface area contributed by atoms with Gasteiger partial charge in [0.05, 0.1) is 41.1 Å². The lowest BCUT2D eigenvalue weighted by atomic mass is 9.53. The molecule has 16 nitrogen and oxygen atoms in total. The Bertz CT molecular complexity index is 3380. The Kier molecular flexibility index (Phi) is 28.2. The van der Waals surface area contributed by atoms with Crippen LogP contribution in [0.1, 0.15) is 241 Å². The molecule has 5 saturated carbocycles. The van der Waals surface area contributed by atoms with Crippen molar-refractivity contribution in [3.05, 3.63) is 80.6 Å². The predicted molar refractivity (Wildman–Crippen MR) is 419 cm³/mol. The topological polar surface area (TPSA) is 295 Å². The number of Topliss-reactive ketones (excluding diaryl/α,β-unsaturated/α-hetero) is 9. The lowest BCUT2D eigenvalue weighted by Gasteiger charge is -2.51. The summed E-state index contributed by atoms with van der Waals surface area (Å²) in [6, 6.07) is 0. The van der Waals surface area contributed by atoms with E-state index in [1.165, 1.54) is 22.3 Å². The van der Waals surface area contributed by atoms with E-state index in [0.717, 1.165) is 77.0 Å². The molecule has 0 spiro atoms. The van der Waals surface area contributed by atoms with Crippen LogP contribution in [0.3, 0.4) is 0 Å². The fraction of sp³-hybridized carbons (Fsp3) is 0.750. The maximum atomic E-state index is 13.6. The zero-order valence-corrected chi connectivity index (χ0v) is 69.0. The van der Waals surface area contributed by atoms with Crippen LogP contribution in [-0.2, 0) is 43.2 Å². The van der Waals surface area contributed by atoms with Gasteiger partial charge in [-0.25, -0.2) is 0 Å². The van der Waals surface area contributed by atoms with Gasteiger partial charge in [0, 0.05) is 73.0 Å². The molecule has 0 amide bonds. The maximum Gasteiger partial charge on any atom is 0.173 e. The van der Waals surface area contributed by atoms with Gasteiger partial charge in [0.15, 0.2) is 52.0 Å². The first kappa shape index (κ1) is 86.4. The summed E-state index contributed by atoms with van der Waals surface area (Å²) < 4.78 is 0. The summed E-state index contributed by atoms with van der Waals surface area (Å²) in [6.07, 6.45) is 18.4. The van der Waals surface area contributed by atoms with Crippen molar-refractivity contribution in [2.75, 3.05) is 0 Å². The molecule has 0 aromatic carbocycles. The summed E-state index contributed by atoms with van der Waals surface area (Å²) in [5.41, 5.74) is 4.99. The Morgan fingerprint density at radius 2 is 0.574 bits per heavy atom. The summed E-state index contributed by atoms with van der Waals surface area (Å²) >= 11 is 0. The van der Waals surface area contributed by atoms with Crippen LogP contribution >= 0.6 is 0 Å². The van der Waals surface area contributed by atoms with Crippen molar-refractivity contribution in [3.63, 3.8) is 0 Å². The van der Waals surface area contributed by atoms with E-state index in [2.05, 4.69) is 135 Å². The summed E-state index contributed by atoms with van der Waals surface area (Å²) in [5, 5.41) is 74.7. The molecule has 108 heavy (non-hydrogen) atoms. The first-order valence-corrected chi connectivity index (χ1v) is 42.5. The highest BCUT2D eigenvalue weighted by molar-refractivity contribution is 6.26. The van der Waals surface area contributed by atoms with Crippen molar-refractivity contribution >= 4 is 52.0 Å². The first-order chi connectivity index (χ1) is 50.9. The van der Waals surface area contributed by atoms with Gasteiger partial charge < -0.3 is 35.7 Å². The molecule has 12 aliphatic carbocycles. The van der Waals surface area contributed by atoms with E-state index in [-0.39, 0.29) is 277 Å². The number of ketones is 9. The molecule has 16 heteroatoms. The van der Waals surface area contributed by atoms with E-state index in [0.29, 0.717) is 0 Å². The highest BCUT2D eigenvalue weighted by Gasteiger charge is 2.59. The van der Waals surface area contributed by atoms with E-state index in [1.54, 1.807) is 27.7 Å². The zero-order valence-electron chi connectivity index (χ0n) is 69.0. The minimum atomic E-state index is -1.07. The number of hydrogen-bond donors (Lipinski definition) is 7. The normalized spacial score (nSPS) is 42.8. The minimum Gasteiger partial charge on any atom is -0.511 e. The molecule has 0 aliphatic heterocycles. The van der Waals surface area contributed by atoms with E-state index < -0.39 is 30.3 Å². The summed E-state index contributed by atoms with van der Waals surface area (Å²) in [6.45, 7) is 40.5. The highest BCUT2D eigenvalue weighted by Crippen LogP contribution is 2.58. The fourth-order valence-corrected chi connectivity index (χ4v) is 24.8. The molecular weight excluding hydrogens is 1360 g/mol. The van der Waals surface area contributed by atoms with E-state index in [9.17, 15) is 78.9 Å². The molecule has 0 heterocycles. The summed E-state index contributed by atoms with van der Waals surface area (Å²) in [7, 11) is 0. The number of rotatable bonds is 16. The van der Waals surface area contributed by atoms with Crippen LogP contribution in [0, 0.1) is 172 Å². The second-order valence-corrected chi connectivity index (χ2v) is 36.6. The van der Waals surface area contributed by atoms with E-state index >= 15 is 0 Å². The smallest absolute Gasteiger partial charge is 0.173 e. The molecule has 33 unspecified atom stereocenters. The SMILES string of the molecule is CCC1C(C)=CC2CC(C)C(O)C(CC)C2C1C(=O)C1=C(O)C(C)CC1=O.CCC1C(C)=CC2CC(C)C(O)C(CC)C2C1C(=O)C1=C(O)C(C)CC1=O.CCC1C(C)=CC2CC(C)C(O)C(CC)C2C1C(=O)C1=C(O)C(C)CC1=O.CCC1C(C)=CC2CC(C)C(O)C(CC)C2C1C(=O)C1C(=O)CC(C)C1=O. The highest BCUT2D eigenvalue weighted by atomic mass is 16.3. The number of fused-ring (bicyclic) bond motifs is 4. The first-order valence-electron chi connectivity index (χ1n) is 42.5. The van der Waals surface area contributed by atoms with Crippen molar-refractivity contribution in [2.45, 2.75) is 266 Å². The van der Waals surface area contributed by atoms with Crippen LogP contribution in [0.25, 0.3) is 0 Å².